The van der Waals surface area contributed by atoms with Gasteiger partial charge in [-0.1, -0.05) is 12.1 Å². The predicted molar refractivity (Wildman–Crippen MR) is 80.7 cm³/mol. The average Bonchev–Trinajstić information content (AvgIpc) is 2.49. The van der Waals surface area contributed by atoms with Crippen molar-refractivity contribution in [2.75, 3.05) is 0 Å². The molecule has 6 heteroatoms. The molecule has 0 saturated heterocycles. The van der Waals surface area contributed by atoms with Crippen molar-refractivity contribution in [2.24, 2.45) is 0 Å². The third kappa shape index (κ3) is 2.71. The molecule has 3 aromatic rings. The lowest BCUT2D eigenvalue weighted by atomic mass is 10.2. The van der Waals surface area contributed by atoms with Crippen LogP contribution in [-0.4, -0.2) is 21.0 Å². The van der Waals surface area contributed by atoms with E-state index < -0.39 is 5.97 Å². The molecular formula is C15H9BrN2O3. The number of fused-ring (bicyclic) bond motifs is 1. The fraction of sp³-hybridized carbons (Fsp3) is 0. The molecule has 0 radical (unpaired) electrons. The zero-order valence-corrected chi connectivity index (χ0v) is 12.2. The number of hydrogen-bond donors (Lipinski definition) is 1. The van der Waals surface area contributed by atoms with Crippen molar-refractivity contribution < 1.29 is 14.6 Å². The van der Waals surface area contributed by atoms with Gasteiger partial charge in [-0.25, -0.2) is 14.8 Å². The van der Waals surface area contributed by atoms with E-state index in [-0.39, 0.29) is 5.56 Å². The molecule has 5 nitrogen and oxygen atoms in total. The molecule has 0 aliphatic rings. The van der Waals surface area contributed by atoms with E-state index in [4.69, 9.17) is 9.84 Å². The predicted octanol–water partition coefficient (Wildman–Crippen LogP) is 3.88. The first-order valence-electron chi connectivity index (χ1n) is 6.05. The molecule has 21 heavy (non-hydrogen) atoms. The second-order valence-electron chi connectivity index (χ2n) is 4.25. The van der Waals surface area contributed by atoms with Gasteiger partial charge in [0, 0.05) is 0 Å². The summed E-state index contributed by atoms with van der Waals surface area (Å²) < 4.78 is 6.40. The third-order valence-electron chi connectivity index (χ3n) is 2.89. The van der Waals surface area contributed by atoms with Gasteiger partial charge in [0.1, 0.15) is 12.1 Å². The number of ether oxygens (including phenoxy) is 1. The smallest absolute Gasteiger partial charge is 0.335 e. The van der Waals surface area contributed by atoms with E-state index in [1.165, 1.54) is 18.5 Å². The van der Waals surface area contributed by atoms with Crippen molar-refractivity contribution in [3.63, 3.8) is 0 Å². The molecule has 0 amide bonds. The molecule has 2 aromatic carbocycles. The van der Waals surface area contributed by atoms with Gasteiger partial charge < -0.3 is 9.84 Å². The summed E-state index contributed by atoms with van der Waals surface area (Å²) in [5, 5.41) is 9.80. The topological polar surface area (TPSA) is 72.3 Å². The number of nitrogens with zero attached hydrogens (tertiary/aromatic N) is 2. The molecule has 0 saturated carbocycles. The number of rotatable bonds is 3. The first-order valence-corrected chi connectivity index (χ1v) is 6.85. The first-order chi connectivity index (χ1) is 10.1. The lowest BCUT2D eigenvalue weighted by Crippen LogP contribution is -1.98. The molecular weight excluding hydrogens is 336 g/mol. The Labute approximate surface area is 128 Å². The van der Waals surface area contributed by atoms with Gasteiger partial charge in [-0.05, 0) is 46.3 Å². The van der Waals surface area contributed by atoms with Crippen LogP contribution in [0, 0.1) is 0 Å². The number of carbonyl (C=O) groups is 1. The summed E-state index contributed by atoms with van der Waals surface area (Å²) in [5.41, 5.74) is 0.902. The third-order valence-corrected chi connectivity index (χ3v) is 3.55. The number of aromatic nitrogens is 2. The minimum Gasteiger partial charge on any atom is -0.478 e. The summed E-state index contributed by atoms with van der Waals surface area (Å²) in [6.07, 6.45) is 1.41. The molecule has 0 aliphatic heterocycles. The van der Waals surface area contributed by atoms with Crippen LogP contribution < -0.4 is 4.74 Å². The Kier molecular flexibility index (Phi) is 3.53. The fourth-order valence-corrected chi connectivity index (χ4v) is 2.21. The van der Waals surface area contributed by atoms with E-state index in [1.54, 1.807) is 6.07 Å². The van der Waals surface area contributed by atoms with E-state index >= 15 is 0 Å². The Morgan fingerprint density at radius 2 is 1.95 bits per heavy atom. The second kappa shape index (κ2) is 5.49. The molecule has 3 rings (SSSR count). The van der Waals surface area contributed by atoms with Crippen LogP contribution in [-0.2, 0) is 0 Å². The summed E-state index contributed by atoms with van der Waals surface area (Å²) in [5.74, 6) is -0.248. The number of carboxylic acids is 1. The van der Waals surface area contributed by atoms with Crippen LogP contribution in [0.1, 0.15) is 10.4 Å². The molecule has 0 fully saturated rings. The van der Waals surface area contributed by atoms with E-state index in [9.17, 15) is 4.79 Å². The van der Waals surface area contributed by atoms with Gasteiger partial charge in [0.15, 0.2) is 0 Å². The minimum atomic E-state index is -1.01. The quantitative estimate of drug-likeness (QED) is 0.780. The standard InChI is InChI=1S/C15H9BrN2O3/c16-11-6-5-9(15(19)20)7-13(11)21-14-10-3-1-2-4-12(10)17-8-18-14/h1-8H,(H,19,20). The highest BCUT2D eigenvalue weighted by atomic mass is 79.9. The summed E-state index contributed by atoms with van der Waals surface area (Å²) in [6, 6.07) is 12.0. The molecule has 0 unspecified atom stereocenters. The van der Waals surface area contributed by atoms with Gasteiger partial charge >= 0.3 is 5.97 Å². The second-order valence-corrected chi connectivity index (χ2v) is 5.10. The van der Waals surface area contributed by atoms with E-state index in [2.05, 4.69) is 25.9 Å². The van der Waals surface area contributed by atoms with Crippen molar-refractivity contribution in [1.29, 1.82) is 0 Å². The molecule has 1 aromatic heterocycles. The van der Waals surface area contributed by atoms with Crippen molar-refractivity contribution in [1.82, 2.24) is 9.97 Å². The minimum absolute atomic E-state index is 0.145. The number of hydrogen-bond acceptors (Lipinski definition) is 4. The monoisotopic (exact) mass is 344 g/mol. The van der Waals surface area contributed by atoms with Crippen molar-refractivity contribution in [3.05, 3.63) is 58.8 Å². The SMILES string of the molecule is O=C(O)c1ccc(Br)c(Oc2ncnc3ccccc23)c1. The Bertz CT molecular complexity index is 831. The van der Waals surface area contributed by atoms with Gasteiger partial charge in [-0.15, -0.1) is 0 Å². The van der Waals surface area contributed by atoms with Crippen LogP contribution in [0.25, 0.3) is 10.9 Å². The van der Waals surface area contributed by atoms with Crippen LogP contribution in [0.2, 0.25) is 0 Å². The van der Waals surface area contributed by atoms with Gasteiger partial charge in [0.25, 0.3) is 0 Å². The van der Waals surface area contributed by atoms with Crippen molar-refractivity contribution >= 4 is 32.8 Å². The first kappa shape index (κ1) is 13.5. The molecule has 0 bridgehead atoms. The highest BCUT2D eigenvalue weighted by Gasteiger charge is 2.11. The van der Waals surface area contributed by atoms with Crippen LogP contribution in [0.4, 0.5) is 0 Å². The summed E-state index contributed by atoms with van der Waals surface area (Å²) in [6.45, 7) is 0. The van der Waals surface area contributed by atoms with Gasteiger partial charge in [0.2, 0.25) is 5.88 Å². The zero-order chi connectivity index (χ0) is 14.8. The molecule has 0 atom stereocenters. The number of aromatic carboxylic acids is 1. The number of para-hydroxylation sites is 1. The van der Waals surface area contributed by atoms with E-state index in [0.29, 0.717) is 16.1 Å². The normalized spacial score (nSPS) is 10.5. The van der Waals surface area contributed by atoms with Crippen LogP contribution in [0.15, 0.2) is 53.3 Å². The van der Waals surface area contributed by atoms with Gasteiger partial charge in [0.05, 0.1) is 20.9 Å². The molecule has 104 valence electrons. The Hall–Kier alpha value is -2.47. The lowest BCUT2D eigenvalue weighted by molar-refractivity contribution is 0.0696. The Morgan fingerprint density at radius 3 is 2.76 bits per heavy atom. The molecule has 1 heterocycles. The largest absolute Gasteiger partial charge is 0.478 e. The average molecular weight is 345 g/mol. The lowest BCUT2D eigenvalue weighted by Gasteiger charge is -2.09. The van der Waals surface area contributed by atoms with Gasteiger partial charge in [-0.3, -0.25) is 0 Å². The summed E-state index contributed by atoms with van der Waals surface area (Å²) in [4.78, 5) is 19.3. The maximum atomic E-state index is 11.0. The van der Waals surface area contributed by atoms with E-state index in [0.717, 1.165) is 10.9 Å². The fourth-order valence-electron chi connectivity index (χ4n) is 1.88. The Morgan fingerprint density at radius 1 is 1.14 bits per heavy atom. The van der Waals surface area contributed by atoms with Crippen molar-refractivity contribution in [3.8, 4) is 11.6 Å². The molecule has 1 N–H and O–H groups in total. The van der Waals surface area contributed by atoms with E-state index in [1.807, 2.05) is 24.3 Å². The van der Waals surface area contributed by atoms with Crippen LogP contribution in [0.3, 0.4) is 0 Å². The number of carboxylic acid groups (broad SMARTS) is 1. The maximum absolute atomic E-state index is 11.0. The van der Waals surface area contributed by atoms with Crippen LogP contribution >= 0.6 is 15.9 Å². The summed E-state index contributed by atoms with van der Waals surface area (Å²) >= 11 is 3.34. The molecule has 0 aliphatic carbocycles. The van der Waals surface area contributed by atoms with Crippen LogP contribution in [0.5, 0.6) is 11.6 Å². The highest BCUT2D eigenvalue weighted by Crippen LogP contribution is 2.32. The Balaban J connectivity index is 2.06. The summed E-state index contributed by atoms with van der Waals surface area (Å²) in [7, 11) is 0. The maximum Gasteiger partial charge on any atom is 0.335 e. The van der Waals surface area contributed by atoms with Crippen molar-refractivity contribution in [2.45, 2.75) is 0 Å². The number of halogens is 1. The zero-order valence-electron chi connectivity index (χ0n) is 10.7. The highest BCUT2D eigenvalue weighted by molar-refractivity contribution is 9.10. The number of benzene rings is 2. The molecule has 0 spiro atoms. The van der Waals surface area contributed by atoms with Gasteiger partial charge in [-0.2, -0.15) is 0 Å².